The smallest absolute Gasteiger partial charge is 0.303 e. The fourth-order valence-corrected chi connectivity index (χ4v) is 2.89. The van der Waals surface area contributed by atoms with Gasteiger partial charge in [0.25, 0.3) is 0 Å². The van der Waals surface area contributed by atoms with Crippen LogP contribution in [-0.4, -0.2) is 22.3 Å². The van der Waals surface area contributed by atoms with E-state index in [4.69, 9.17) is 5.11 Å². The number of unbranched alkanes of at least 4 members (excludes halogenated alkanes) is 11. The van der Waals surface area contributed by atoms with Gasteiger partial charge in [0.05, 0.1) is 6.10 Å². The minimum absolute atomic E-state index is 0.173. The zero-order valence-corrected chi connectivity index (χ0v) is 15.8. The Morgan fingerprint density at radius 1 is 0.833 bits per heavy atom. The first-order chi connectivity index (χ1) is 11.7. The van der Waals surface area contributed by atoms with E-state index < -0.39 is 5.97 Å². The van der Waals surface area contributed by atoms with Gasteiger partial charge < -0.3 is 10.2 Å². The zero-order valence-electron chi connectivity index (χ0n) is 15.8. The summed E-state index contributed by atoms with van der Waals surface area (Å²) in [7, 11) is 0. The average Bonchev–Trinajstić information content (AvgIpc) is 2.55. The maximum atomic E-state index is 10.4. The van der Waals surface area contributed by atoms with Crippen molar-refractivity contribution in [3.63, 3.8) is 0 Å². The van der Waals surface area contributed by atoms with Crippen LogP contribution in [0.25, 0.3) is 0 Å². The maximum Gasteiger partial charge on any atom is 0.303 e. The summed E-state index contributed by atoms with van der Waals surface area (Å²) in [5, 5.41) is 18.5. The monoisotopic (exact) mass is 340 g/mol. The molecule has 0 heterocycles. The van der Waals surface area contributed by atoms with Crippen LogP contribution in [0, 0.1) is 0 Å². The predicted molar refractivity (Wildman–Crippen MR) is 102 cm³/mol. The molecule has 24 heavy (non-hydrogen) atoms. The van der Waals surface area contributed by atoms with Gasteiger partial charge in [-0.15, -0.1) is 0 Å². The van der Waals surface area contributed by atoms with Gasteiger partial charge in [0.15, 0.2) is 0 Å². The van der Waals surface area contributed by atoms with Gasteiger partial charge in [-0.05, 0) is 32.1 Å². The first kappa shape index (κ1) is 23.2. The van der Waals surface area contributed by atoms with Crippen LogP contribution in [0.3, 0.4) is 0 Å². The summed E-state index contributed by atoms with van der Waals surface area (Å²) in [6.07, 6.45) is 21.6. The van der Waals surface area contributed by atoms with Crippen molar-refractivity contribution in [2.24, 2.45) is 0 Å². The van der Waals surface area contributed by atoms with Crippen LogP contribution in [0.4, 0.5) is 0 Å². The molecule has 1 unspecified atom stereocenters. The van der Waals surface area contributed by atoms with Gasteiger partial charge in [-0.25, -0.2) is 0 Å². The third kappa shape index (κ3) is 19.2. The highest BCUT2D eigenvalue weighted by Gasteiger charge is 2.01. The molecule has 0 aliphatic rings. The van der Waals surface area contributed by atoms with Crippen LogP contribution in [-0.2, 0) is 4.79 Å². The Bertz CT molecular complexity index is 299. The molecule has 142 valence electrons. The zero-order chi connectivity index (χ0) is 17.9. The number of hydrogen-bond donors (Lipinski definition) is 2. The highest BCUT2D eigenvalue weighted by Crippen LogP contribution is 2.13. The molecule has 0 amide bonds. The van der Waals surface area contributed by atoms with Gasteiger partial charge in [0.1, 0.15) is 0 Å². The molecule has 0 radical (unpaired) electrons. The standard InChI is InChI=1S/C21H40O3/c1-2-3-4-5-8-11-14-17-20(22)18-15-12-9-6-7-10-13-16-19-21(23)24/h11,14,20,22H,2-10,12-13,15-19H2,1H3,(H,23,24). The molecular weight excluding hydrogens is 300 g/mol. The van der Waals surface area contributed by atoms with Gasteiger partial charge >= 0.3 is 5.97 Å². The fraction of sp³-hybridized carbons (Fsp3) is 0.857. The van der Waals surface area contributed by atoms with E-state index in [0.717, 1.165) is 44.9 Å². The lowest BCUT2D eigenvalue weighted by atomic mass is 10.0. The number of carboxylic acids is 1. The molecule has 0 aromatic carbocycles. The van der Waals surface area contributed by atoms with E-state index in [1.165, 1.54) is 51.4 Å². The lowest BCUT2D eigenvalue weighted by Crippen LogP contribution is -2.04. The van der Waals surface area contributed by atoms with Crippen LogP contribution < -0.4 is 0 Å². The molecule has 0 spiro atoms. The second-order valence-electron chi connectivity index (χ2n) is 6.97. The SMILES string of the molecule is CCCCCCC=CCC(O)CCCCCCCCCCC(=O)O. The fourth-order valence-electron chi connectivity index (χ4n) is 2.89. The van der Waals surface area contributed by atoms with Crippen LogP contribution in [0.2, 0.25) is 0 Å². The van der Waals surface area contributed by atoms with Crippen molar-refractivity contribution in [3.05, 3.63) is 12.2 Å². The maximum absolute atomic E-state index is 10.4. The Hall–Kier alpha value is -0.830. The van der Waals surface area contributed by atoms with E-state index >= 15 is 0 Å². The average molecular weight is 341 g/mol. The highest BCUT2D eigenvalue weighted by molar-refractivity contribution is 5.66. The van der Waals surface area contributed by atoms with Gasteiger partial charge in [-0.2, -0.15) is 0 Å². The van der Waals surface area contributed by atoms with Crippen LogP contribution in [0.1, 0.15) is 110 Å². The van der Waals surface area contributed by atoms with Gasteiger partial charge in [-0.1, -0.05) is 83.3 Å². The van der Waals surface area contributed by atoms with Crippen molar-refractivity contribution in [2.75, 3.05) is 0 Å². The summed E-state index contributed by atoms with van der Waals surface area (Å²) in [4.78, 5) is 10.4. The summed E-state index contributed by atoms with van der Waals surface area (Å²) in [6, 6.07) is 0. The van der Waals surface area contributed by atoms with E-state index in [1.807, 2.05) is 0 Å². The quantitative estimate of drug-likeness (QED) is 0.229. The minimum atomic E-state index is -0.681. The molecule has 0 aliphatic heterocycles. The first-order valence-corrected chi connectivity index (χ1v) is 10.2. The van der Waals surface area contributed by atoms with Crippen LogP contribution >= 0.6 is 0 Å². The molecule has 1 atom stereocenters. The largest absolute Gasteiger partial charge is 0.481 e. The molecule has 0 saturated carbocycles. The number of hydrogen-bond acceptors (Lipinski definition) is 2. The summed E-state index contributed by atoms with van der Waals surface area (Å²) >= 11 is 0. The number of aliphatic hydroxyl groups excluding tert-OH is 1. The normalized spacial score (nSPS) is 12.8. The second kappa shape index (κ2) is 18.5. The summed E-state index contributed by atoms with van der Waals surface area (Å²) in [5.41, 5.74) is 0. The second-order valence-corrected chi connectivity index (χ2v) is 6.97. The Morgan fingerprint density at radius 3 is 2.04 bits per heavy atom. The third-order valence-electron chi connectivity index (χ3n) is 4.48. The molecule has 0 bridgehead atoms. The number of carbonyl (C=O) groups is 1. The van der Waals surface area contributed by atoms with Crippen LogP contribution in [0.15, 0.2) is 12.2 Å². The molecule has 3 nitrogen and oxygen atoms in total. The number of carboxylic acid groups (broad SMARTS) is 1. The molecule has 3 heteroatoms. The number of rotatable bonds is 18. The first-order valence-electron chi connectivity index (χ1n) is 10.2. The molecule has 0 saturated heterocycles. The van der Waals surface area contributed by atoms with Crippen molar-refractivity contribution in [3.8, 4) is 0 Å². The lowest BCUT2D eigenvalue weighted by molar-refractivity contribution is -0.137. The van der Waals surface area contributed by atoms with Crippen LogP contribution in [0.5, 0.6) is 0 Å². The van der Waals surface area contributed by atoms with E-state index in [9.17, 15) is 9.90 Å². The summed E-state index contributed by atoms with van der Waals surface area (Å²) in [6.45, 7) is 2.23. The van der Waals surface area contributed by atoms with Crippen molar-refractivity contribution < 1.29 is 15.0 Å². The molecule has 2 N–H and O–H groups in total. The van der Waals surface area contributed by atoms with E-state index in [-0.39, 0.29) is 6.10 Å². The molecular formula is C21H40O3. The lowest BCUT2D eigenvalue weighted by Gasteiger charge is -2.07. The topological polar surface area (TPSA) is 57.5 Å². The molecule has 0 aromatic heterocycles. The van der Waals surface area contributed by atoms with Crippen molar-refractivity contribution in [2.45, 2.75) is 116 Å². The Morgan fingerprint density at radius 2 is 1.42 bits per heavy atom. The van der Waals surface area contributed by atoms with Crippen molar-refractivity contribution in [1.29, 1.82) is 0 Å². The Kier molecular flexibility index (Phi) is 17.9. The number of aliphatic carboxylic acids is 1. The molecule has 0 aromatic rings. The van der Waals surface area contributed by atoms with E-state index in [0.29, 0.717) is 6.42 Å². The van der Waals surface area contributed by atoms with E-state index in [2.05, 4.69) is 19.1 Å². The van der Waals surface area contributed by atoms with Crippen molar-refractivity contribution in [1.82, 2.24) is 0 Å². The summed E-state index contributed by atoms with van der Waals surface area (Å²) < 4.78 is 0. The summed E-state index contributed by atoms with van der Waals surface area (Å²) in [5.74, 6) is -0.681. The minimum Gasteiger partial charge on any atom is -0.481 e. The molecule has 0 rings (SSSR count). The van der Waals surface area contributed by atoms with Gasteiger partial charge in [0, 0.05) is 6.42 Å². The number of aliphatic hydroxyl groups is 1. The molecule has 0 aliphatic carbocycles. The van der Waals surface area contributed by atoms with Gasteiger partial charge in [0.2, 0.25) is 0 Å². The molecule has 0 fully saturated rings. The highest BCUT2D eigenvalue weighted by atomic mass is 16.4. The van der Waals surface area contributed by atoms with E-state index in [1.54, 1.807) is 0 Å². The Labute approximate surface area is 149 Å². The van der Waals surface area contributed by atoms with Gasteiger partial charge in [-0.3, -0.25) is 4.79 Å². The predicted octanol–water partition coefficient (Wildman–Crippen LogP) is 6.25. The van der Waals surface area contributed by atoms with Crippen molar-refractivity contribution >= 4 is 5.97 Å². The number of allylic oxidation sites excluding steroid dienone is 1. The Balaban J connectivity index is 3.24. The third-order valence-corrected chi connectivity index (χ3v) is 4.48.